The first-order valence-electron chi connectivity index (χ1n) is 3.06. The van der Waals surface area contributed by atoms with Gasteiger partial charge in [0.05, 0.1) is 0 Å². The number of Topliss-reactive ketones (excluding diaryl/α,β-unsaturated/α-hetero) is 1. The van der Waals surface area contributed by atoms with Crippen LogP contribution in [0.15, 0.2) is 0 Å². The Labute approximate surface area is 64.3 Å². The monoisotopic (exact) mass is 161 g/mol. The van der Waals surface area contributed by atoms with Crippen LogP contribution in [0.4, 0.5) is 0 Å². The lowest BCUT2D eigenvalue weighted by atomic mass is 10.2. The Morgan fingerprint density at radius 2 is 2.18 bits per heavy atom. The van der Waals surface area contributed by atoms with Crippen LogP contribution >= 0.6 is 0 Å². The molecule has 0 rings (SSSR count). The van der Waals surface area contributed by atoms with Gasteiger partial charge in [-0.3, -0.25) is 14.9 Å². The summed E-state index contributed by atoms with van der Waals surface area (Å²) in [5, 5.41) is 10.7. The fourth-order valence-corrected chi connectivity index (χ4v) is 0.652. The molecule has 0 radical (unpaired) electrons. The number of ether oxygens (including phenoxy) is 1. The molecule has 0 aromatic heterocycles. The van der Waals surface area contributed by atoms with Crippen LogP contribution in [0.1, 0.15) is 6.42 Å². The second kappa shape index (κ2) is 4.81. The Kier molecular flexibility index (Phi) is 4.40. The Morgan fingerprint density at radius 3 is 2.45 bits per heavy atom. The zero-order valence-corrected chi connectivity index (χ0v) is 6.46. The molecule has 0 saturated carbocycles. The van der Waals surface area contributed by atoms with Crippen molar-refractivity contribution in [1.29, 1.82) is 0 Å². The molecule has 11 heavy (non-hydrogen) atoms. The number of rotatable bonds is 5. The molecule has 0 amide bonds. The number of carbonyl (C=O) groups excluding carboxylic acids is 1. The molecule has 0 aliphatic carbocycles. The molecule has 0 aliphatic heterocycles. The van der Waals surface area contributed by atoms with Crippen LogP contribution in [-0.2, 0) is 14.3 Å². The van der Waals surface area contributed by atoms with Gasteiger partial charge in [-0.2, -0.15) is 0 Å². The molecule has 0 aromatic rings. The maximum absolute atomic E-state index is 10.8. The van der Waals surface area contributed by atoms with E-state index >= 15 is 0 Å². The van der Waals surface area contributed by atoms with Gasteiger partial charge in [-0.05, 0) is 7.05 Å². The highest BCUT2D eigenvalue weighted by atomic mass is 16.5. The molecule has 0 aromatic carbocycles. The van der Waals surface area contributed by atoms with Crippen molar-refractivity contribution in [2.75, 3.05) is 14.2 Å². The second-order valence-corrected chi connectivity index (χ2v) is 1.94. The van der Waals surface area contributed by atoms with Crippen molar-refractivity contribution >= 4 is 11.8 Å². The Bertz CT molecular complexity index is 153. The van der Waals surface area contributed by atoms with E-state index in [4.69, 9.17) is 5.11 Å². The smallest absolute Gasteiger partial charge is 0.311 e. The summed E-state index contributed by atoms with van der Waals surface area (Å²) in [6.07, 6.45) is -1.33. The van der Waals surface area contributed by atoms with E-state index in [1.165, 1.54) is 14.2 Å². The average Bonchev–Trinajstić information content (AvgIpc) is 1.88. The third kappa shape index (κ3) is 3.69. The molecule has 0 heterocycles. The predicted octanol–water partition coefficient (Wildman–Crippen LogP) is -0.778. The lowest BCUT2D eigenvalue weighted by Crippen LogP contribution is -2.36. The largest absolute Gasteiger partial charge is 0.481 e. The molecule has 5 heteroatoms. The van der Waals surface area contributed by atoms with Crippen molar-refractivity contribution in [2.24, 2.45) is 0 Å². The summed E-state index contributed by atoms with van der Waals surface area (Å²) in [5.74, 6) is -1.63. The lowest BCUT2D eigenvalue weighted by Gasteiger charge is -2.10. The number of likely N-dealkylation sites (N-methyl/N-ethyl adjacent to an activating group) is 1. The van der Waals surface area contributed by atoms with Gasteiger partial charge in [0.1, 0.15) is 6.42 Å². The highest BCUT2D eigenvalue weighted by Gasteiger charge is 2.17. The van der Waals surface area contributed by atoms with Gasteiger partial charge < -0.3 is 9.84 Å². The highest BCUT2D eigenvalue weighted by Crippen LogP contribution is 1.91. The van der Waals surface area contributed by atoms with Gasteiger partial charge in [0, 0.05) is 7.11 Å². The number of ketones is 1. The van der Waals surface area contributed by atoms with Crippen molar-refractivity contribution in [1.82, 2.24) is 5.32 Å². The summed E-state index contributed by atoms with van der Waals surface area (Å²) in [6, 6.07) is 0. The molecule has 0 bridgehead atoms. The molecule has 64 valence electrons. The van der Waals surface area contributed by atoms with Gasteiger partial charge >= 0.3 is 5.97 Å². The minimum atomic E-state index is -1.15. The highest BCUT2D eigenvalue weighted by molar-refractivity contribution is 5.96. The Hall–Kier alpha value is -0.940. The van der Waals surface area contributed by atoms with Gasteiger partial charge in [0.25, 0.3) is 0 Å². The summed E-state index contributed by atoms with van der Waals surface area (Å²) in [7, 11) is 2.86. The molecular formula is C6H11NO4. The van der Waals surface area contributed by atoms with Crippen molar-refractivity contribution < 1.29 is 19.4 Å². The minimum absolute atomic E-state index is 0.484. The van der Waals surface area contributed by atoms with Gasteiger partial charge in [0.2, 0.25) is 0 Å². The first kappa shape index (κ1) is 10.1. The average molecular weight is 161 g/mol. The van der Waals surface area contributed by atoms with E-state index in [1.807, 2.05) is 0 Å². The summed E-state index contributed by atoms with van der Waals surface area (Å²) >= 11 is 0. The van der Waals surface area contributed by atoms with E-state index in [-0.39, 0.29) is 0 Å². The van der Waals surface area contributed by atoms with E-state index < -0.39 is 24.4 Å². The third-order valence-corrected chi connectivity index (χ3v) is 1.12. The van der Waals surface area contributed by atoms with Crippen LogP contribution in [0.3, 0.4) is 0 Å². The number of carboxylic acids is 1. The van der Waals surface area contributed by atoms with E-state index in [0.29, 0.717) is 0 Å². The summed E-state index contributed by atoms with van der Waals surface area (Å²) in [6.45, 7) is 0. The summed E-state index contributed by atoms with van der Waals surface area (Å²) in [5.41, 5.74) is 0. The van der Waals surface area contributed by atoms with Gasteiger partial charge in [-0.1, -0.05) is 0 Å². The molecule has 0 spiro atoms. The number of carboxylic acid groups (broad SMARTS) is 1. The van der Waals surface area contributed by atoms with Crippen LogP contribution in [0.25, 0.3) is 0 Å². The normalized spacial score (nSPS) is 12.5. The van der Waals surface area contributed by atoms with E-state index in [2.05, 4.69) is 10.1 Å². The van der Waals surface area contributed by atoms with E-state index in [1.54, 1.807) is 0 Å². The standard InChI is InChI=1S/C6H11NO4/c1-7-6(11-2)4(8)3-5(9)10/h6-7H,3H2,1-2H3,(H,9,10). The first-order chi connectivity index (χ1) is 5.11. The Balaban J connectivity index is 3.89. The van der Waals surface area contributed by atoms with Crippen LogP contribution in [-0.4, -0.2) is 37.2 Å². The summed E-state index contributed by atoms with van der Waals surface area (Å²) in [4.78, 5) is 20.9. The van der Waals surface area contributed by atoms with Gasteiger partial charge in [-0.15, -0.1) is 0 Å². The molecule has 5 nitrogen and oxygen atoms in total. The predicted molar refractivity (Wildman–Crippen MR) is 37.1 cm³/mol. The SMILES string of the molecule is CNC(OC)C(=O)CC(=O)O. The number of aliphatic carboxylic acids is 1. The zero-order valence-electron chi connectivity index (χ0n) is 6.46. The minimum Gasteiger partial charge on any atom is -0.481 e. The maximum Gasteiger partial charge on any atom is 0.311 e. The van der Waals surface area contributed by atoms with Gasteiger partial charge in [-0.25, -0.2) is 0 Å². The number of hydrogen-bond acceptors (Lipinski definition) is 4. The van der Waals surface area contributed by atoms with E-state index in [9.17, 15) is 9.59 Å². The molecular weight excluding hydrogens is 150 g/mol. The quantitative estimate of drug-likeness (QED) is 0.408. The van der Waals surface area contributed by atoms with E-state index in [0.717, 1.165) is 0 Å². The number of hydrogen-bond donors (Lipinski definition) is 2. The van der Waals surface area contributed by atoms with Crippen LogP contribution in [0, 0.1) is 0 Å². The fourth-order valence-electron chi connectivity index (χ4n) is 0.652. The second-order valence-electron chi connectivity index (χ2n) is 1.94. The fraction of sp³-hybridized carbons (Fsp3) is 0.667. The molecule has 0 saturated heterocycles. The summed E-state index contributed by atoms with van der Waals surface area (Å²) < 4.78 is 4.64. The third-order valence-electron chi connectivity index (χ3n) is 1.12. The first-order valence-corrected chi connectivity index (χ1v) is 3.06. The molecule has 2 N–H and O–H groups in total. The zero-order chi connectivity index (χ0) is 8.85. The van der Waals surface area contributed by atoms with Crippen molar-refractivity contribution in [3.63, 3.8) is 0 Å². The Morgan fingerprint density at radius 1 is 1.64 bits per heavy atom. The van der Waals surface area contributed by atoms with Crippen molar-refractivity contribution in [2.45, 2.75) is 12.6 Å². The van der Waals surface area contributed by atoms with Crippen LogP contribution in [0.2, 0.25) is 0 Å². The molecule has 1 atom stereocenters. The maximum atomic E-state index is 10.8. The molecule has 1 unspecified atom stereocenters. The van der Waals surface area contributed by atoms with Crippen LogP contribution in [0.5, 0.6) is 0 Å². The number of carbonyl (C=O) groups is 2. The van der Waals surface area contributed by atoms with Crippen molar-refractivity contribution in [3.05, 3.63) is 0 Å². The lowest BCUT2D eigenvalue weighted by molar-refractivity contribution is -0.143. The van der Waals surface area contributed by atoms with Crippen LogP contribution < -0.4 is 5.32 Å². The van der Waals surface area contributed by atoms with Gasteiger partial charge in [0.15, 0.2) is 12.0 Å². The number of nitrogens with one attached hydrogen (secondary N) is 1. The number of methoxy groups -OCH3 is 1. The molecule has 0 aliphatic rings. The topological polar surface area (TPSA) is 75.6 Å². The van der Waals surface area contributed by atoms with Crippen molar-refractivity contribution in [3.8, 4) is 0 Å². The molecule has 0 fully saturated rings.